The lowest BCUT2D eigenvalue weighted by Crippen LogP contribution is -2.20. The third-order valence-electron chi connectivity index (χ3n) is 0.916. The molecule has 0 bridgehead atoms. The predicted octanol–water partition coefficient (Wildman–Crippen LogP) is 0.584. The van der Waals surface area contributed by atoms with Crippen molar-refractivity contribution in [2.75, 3.05) is 6.54 Å². The second-order valence-corrected chi connectivity index (χ2v) is 1.70. The van der Waals surface area contributed by atoms with Gasteiger partial charge in [0.2, 0.25) is 0 Å². The van der Waals surface area contributed by atoms with E-state index >= 15 is 0 Å². The summed E-state index contributed by atoms with van der Waals surface area (Å²) in [6.45, 7) is 5.45. The van der Waals surface area contributed by atoms with E-state index in [2.05, 4.69) is 11.9 Å². The highest BCUT2D eigenvalue weighted by molar-refractivity contribution is 5.69. The van der Waals surface area contributed by atoms with Crippen LogP contribution in [0.15, 0.2) is 12.3 Å². The largest absolute Gasteiger partial charge is 0.480 e. The lowest BCUT2D eigenvalue weighted by atomic mass is 10.4. The fourth-order valence-electron chi connectivity index (χ4n) is 0.326. The highest BCUT2D eigenvalue weighted by Gasteiger charge is 1.93. The standard InChI is InChI=1S/C6H11NO2/c1-3-5(2)7-4-6(8)9/h7H,2-4H2,1H3,(H,8,9). The first-order valence-corrected chi connectivity index (χ1v) is 2.80. The van der Waals surface area contributed by atoms with Gasteiger partial charge in [-0.3, -0.25) is 4.79 Å². The van der Waals surface area contributed by atoms with Crippen LogP contribution in [0.2, 0.25) is 0 Å². The van der Waals surface area contributed by atoms with Crippen molar-refractivity contribution in [2.45, 2.75) is 13.3 Å². The molecule has 9 heavy (non-hydrogen) atoms. The lowest BCUT2D eigenvalue weighted by molar-refractivity contribution is -0.135. The molecule has 0 spiro atoms. The van der Waals surface area contributed by atoms with Crippen LogP contribution in [0.25, 0.3) is 0 Å². The van der Waals surface area contributed by atoms with E-state index in [-0.39, 0.29) is 6.54 Å². The first kappa shape index (κ1) is 8.01. The summed E-state index contributed by atoms with van der Waals surface area (Å²) in [4.78, 5) is 9.92. The molecule has 0 saturated heterocycles. The number of carbonyl (C=O) groups is 1. The van der Waals surface area contributed by atoms with E-state index in [0.29, 0.717) is 0 Å². The van der Waals surface area contributed by atoms with E-state index in [1.54, 1.807) is 0 Å². The minimum Gasteiger partial charge on any atom is -0.480 e. The quantitative estimate of drug-likeness (QED) is 0.584. The Kier molecular flexibility index (Phi) is 3.51. The van der Waals surface area contributed by atoms with Crippen LogP contribution in [0.3, 0.4) is 0 Å². The number of nitrogens with one attached hydrogen (secondary N) is 1. The fraction of sp³-hybridized carbons (Fsp3) is 0.500. The second-order valence-electron chi connectivity index (χ2n) is 1.70. The van der Waals surface area contributed by atoms with Gasteiger partial charge in [0.1, 0.15) is 6.54 Å². The van der Waals surface area contributed by atoms with Gasteiger partial charge in [-0.1, -0.05) is 13.5 Å². The molecule has 0 aromatic carbocycles. The van der Waals surface area contributed by atoms with Crippen molar-refractivity contribution >= 4 is 5.97 Å². The van der Waals surface area contributed by atoms with E-state index in [1.165, 1.54) is 0 Å². The molecule has 2 N–H and O–H groups in total. The van der Waals surface area contributed by atoms with Crippen molar-refractivity contribution in [2.24, 2.45) is 0 Å². The maximum absolute atomic E-state index is 9.92. The highest BCUT2D eigenvalue weighted by atomic mass is 16.4. The maximum Gasteiger partial charge on any atom is 0.322 e. The molecule has 0 atom stereocenters. The van der Waals surface area contributed by atoms with Gasteiger partial charge in [-0.25, -0.2) is 0 Å². The molecule has 0 aliphatic carbocycles. The van der Waals surface area contributed by atoms with E-state index in [0.717, 1.165) is 12.1 Å². The zero-order chi connectivity index (χ0) is 7.28. The Morgan fingerprint density at radius 1 is 1.78 bits per heavy atom. The zero-order valence-electron chi connectivity index (χ0n) is 5.48. The fourth-order valence-corrected chi connectivity index (χ4v) is 0.326. The van der Waals surface area contributed by atoms with Gasteiger partial charge in [-0.05, 0) is 6.42 Å². The van der Waals surface area contributed by atoms with Gasteiger partial charge in [0.25, 0.3) is 0 Å². The minimum atomic E-state index is -0.857. The summed E-state index contributed by atoms with van der Waals surface area (Å²) in [6, 6.07) is 0. The SMILES string of the molecule is C=C(CC)NCC(=O)O. The molecule has 0 aromatic rings. The molecule has 0 radical (unpaired) electrons. The number of carboxylic acids is 1. The van der Waals surface area contributed by atoms with Crippen LogP contribution in [0.4, 0.5) is 0 Å². The molecular formula is C6H11NO2. The summed E-state index contributed by atoms with van der Waals surface area (Å²) in [5, 5.41) is 10.8. The number of hydrogen-bond acceptors (Lipinski definition) is 2. The van der Waals surface area contributed by atoms with Crippen LogP contribution < -0.4 is 5.32 Å². The van der Waals surface area contributed by atoms with Gasteiger partial charge in [0.15, 0.2) is 0 Å². The summed E-state index contributed by atoms with van der Waals surface area (Å²) in [5.74, 6) is -0.857. The molecule has 52 valence electrons. The molecule has 0 heterocycles. The summed E-state index contributed by atoms with van der Waals surface area (Å²) in [7, 11) is 0. The zero-order valence-corrected chi connectivity index (χ0v) is 5.48. The van der Waals surface area contributed by atoms with Crippen LogP contribution in [0, 0.1) is 0 Å². The molecule has 0 amide bonds. The van der Waals surface area contributed by atoms with Crippen LogP contribution in [-0.4, -0.2) is 17.6 Å². The van der Waals surface area contributed by atoms with Gasteiger partial charge in [-0.15, -0.1) is 0 Å². The first-order valence-electron chi connectivity index (χ1n) is 2.80. The summed E-state index contributed by atoms with van der Waals surface area (Å²) in [6.07, 6.45) is 0.771. The minimum absolute atomic E-state index is 0.0350. The first-order chi connectivity index (χ1) is 4.16. The van der Waals surface area contributed by atoms with Crippen molar-refractivity contribution in [1.82, 2.24) is 5.32 Å². The van der Waals surface area contributed by atoms with Crippen molar-refractivity contribution in [1.29, 1.82) is 0 Å². The monoisotopic (exact) mass is 129 g/mol. The number of carboxylic acid groups (broad SMARTS) is 1. The topological polar surface area (TPSA) is 49.3 Å². The average Bonchev–Trinajstić information content (AvgIpc) is 1.83. The average molecular weight is 129 g/mol. The van der Waals surface area contributed by atoms with Crippen molar-refractivity contribution in [3.63, 3.8) is 0 Å². The van der Waals surface area contributed by atoms with Crippen LogP contribution in [0.5, 0.6) is 0 Å². The number of aliphatic carboxylic acids is 1. The van der Waals surface area contributed by atoms with Crippen molar-refractivity contribution in [3.05, 3.63) is 12.3 Å². The Bertz CT molecular complexity index is 120. The summed E-state index contributed by atoms with van der Waals surface area (Å²) in [5.41, 5.74) is 0.761. The number of allylic oxidation sites excluding steroid dienone is 1. The van der Waals surface area contributed by atoms with Gasteiger partial charge in [0.05, 0.1) is 0 Å². The molecule has 3 nitrogen and oxygen atoms in total. The van der Waals surface area contributed by atoms with Crippen LogP contribution >= 0.6 is 0 Å². The molecule has 0 aliphatic heterocycles. The van der Waals surface area contributed by atoms with Gasteiger partial charge in [-0.2, -0.15) is 0 Å². The van der Waals surface area contributed by atoms with Gasteiger partial charge < -0.3 is 10.4 Å². The van der Waals surface area contributed by atoms with E-state index < -0.39 is 5.97 Å². The molecule has 3 heteroatoms. The Morgan fingerprint density at radius 3 is 2.67 bits per heavy atom. The lowest BCUT2D eigenvalue weighted by Gasteiger charge is -2.01. The predicted molar refractivity (Wildman–Crippen MR) is 35.1 cm³/mol. The molecule has 0 aromatic heterocycles. The van der Waals surface area contributed by atoms with E-state index in [4.69, 9.17) is 5.11 Å². The Labute approximate surface area is 54.4 Å². The summed E-state index contributed by atoms with van der Waals surface area (Å²) < 4.78 is 0. The summed E-state index contributed by atoms with van der Waals surface area (Å²) >= 11 is 0. The highest BCUT2D eigenvalue weighted by Crippen LogP contribution is 1.87. The third-order valence-corrected chi connectivity index (χ3v) is 0.916. The van der Waals surface area contributed by atoms with Gasteiger partial charge in [0, 0.05) is 5.70 Å². The van der Waals surface area contributed by atoms with Gasteiger partial charge >= 0.3 is 5.97 Å². The molecule has 0 saturated carbocycles. The Hall–Kier alpha value is -0.990. The third kappa shape index (κ3) is 4.87. The molecule has 0 unspecified atom stereocenters. The Morgan fingerprint density at radius 2 is 2.33 bits per heavy atom. The number of hydrogen-bond donors (Lipinski definition) is 2. The molecule has 0 fully saturated rings. The van der Waals surface area contributed by atoms with Crippen molar-refractivity contribution < 1.29 is 9.90 Å². The van der Waals surface area contributed by atoms with Crippen LogP contribution in [0.1, 0.15) is 13.3 Å². The second kappa shape index (κ2) is 3.95. The molecular weight excluding hydrogens is 118 g/mol. The molecule has 0 aliphatic rings. The van der Waals surface area contributed by atoms with Crippen LogP contribution in [-0.2, 0) is 4.79 Å². The van der Waals surface area contributed by atoms with Crippen molar-refractivity contribution in [3.8, 4) is 0 Å². The Balaban J connectivity index is 3.28. The maximum atomic E-state index is 9.92. The van der Waals surface area contributed by atoms with E-state index in [9.17, 15) is 4.79 Å². The van der Waals surface area contributed by atoms with E-state index in [1.807, 2.05) is 6.92 Å². The smallest absolute Gasteiger partial charge is 0.322 e. The molecule has 0 rings (SSSR count). The normalized spacial score (nSPS) is 8.56. The number of rotatable bonds is 4.